The predicted molar refractivity (Wildman–Crippen MR) is 94.2 cm³/mol. The molecule has 114 valence electrons. The Morgan fingerprint density at radius 3 is 2.59 bits per heavy atom. The molecule has 0 unspecified atom stereocenters. The largest absolute Gasteiger partial charge is 0.395 e. The SMILES string of the molecule is CN(CCO)c1ccc(-c2nc3ccc(Br)cc3n2C)cc1. The number of rotatable bonds is 4. The Morgan fingerprint density at radius 2 is 1.91 bits per heavy atom. The standard InChI is InChI=1S/C17H18BrN3O/c1-20(9-10-22)14-6-3-12(4-7-14)17-19-15-8-5-13(18)11-16(15)21(17)2/h3-8,11,22H,9-10H2,1-2H3. The molecule has 0 aliphatic carbocycles. The molecule has 0 saturated carbocycles. The lowest BCUT2D eigenvalue weighted by molar-refractivity contribution is 0.304. The van der Waals surface area contributed by atoms with Crippen LogP contribution in [0.15, 0.2) is 46.9 Å². The Labute approximate surface area is 138 Å². The third-order valence-electron chi connectivity index (χ3n) is 3.84. The van der Waals surface area contributed by atoms with Gasteiger partial charge in [-0.05, 0) is 42.5 Å². The molecule has 0 saturated heterocycles. The lowest BCUT2D eigenvalue weighted by Gasteiger charge is -2.18. The number of nitrogens with zero attached hydrogens (tertiary/aromatic N) is 3. The minimum Gasteiger partial charge on any atom is -0.395 e. The van der Waals surface area contributed by atoms with Gasteiger partial charge in [0.05, 0.1) is 17.6 Å². The molecule has 3 rings (SSSR count). The number of fused-ring (bicyclic) bond motifs is 1. The number of hydrogen-bond donors (Lipinski definition) is 1. The average molecular weight is 360 g/mol. The van der Waals surface area contributed by atoms with E-state index in [0.717, 1.165) is 32.6 Å². The molecule has 4 nitrogen and oxygen atoms in total. The zero-order chi connectivity index (χ0) is 15.7. The number of aliphatic hydroxyl groups is 1. The molecule has 0 aliphatic heterocycles. The molecule has 0 aliphatic rings. The van der Waals surface area contributed by atoms with E-state index in [1.165, 1.54) is 0 Å². The van der Waals surface area contributed by atoms with E-state index >= 15 is 0 Å². The topological polar surface area (TPSA) is 41.3 Å². The highest BCUT2D eigenvalue weighted by atomic mass is 79.9. The second kappa shape index (κ2) is 6.10. The summed E-state index contributed by atoms with van der Waals surface area (Å²) >= 11 is 3.51. The van der Waals surface area contributed by atoms with Gasteiger partial charge in [0.1, 0.15) is 5.82 Å². The molecule has 0 amide bonds. The third kappa shape index (κ3) is 2.74. The van der Waals surface area contributed by atoms with Gasteiger partial charge in [-0.25, -0.2) is 4.98 Å². The fourth-order valence-electron chi connectivity index (χ4n) is 2.57. The van der Waals surface area contributed by atoms with Crippen LogP contribution in [0.1, 0.15) is 0 Å². The number of halogens is 1. The number of anilines is 1. The minimum absolute atomic E-state index is 0.151. The van der Waals surface area contributed by atoms with Crippen LogP contribution in [0.2, 0.25) is 0 Å². The molecule has 2 aromatic carbocycles. The number of benzene rings is 2. The Morgan fingerprint density at radius 1 is 1.18 bits per heavy atom. The van der Waals surface area contributed by atoms with E-state index in [-0.39, 0.29) is 6.61 Å². The Bertz CT molecular complexity index is 796. The summed E-state index contributed by atoms with van der Waals surface area (Å²) in [5.41, 5.74) is 4.25. The van der Waals surface area contributed by atoms with Crippen molar-refractivity contribution in [3.8, 4) is 11.4 Å². The van der Waals surface area contributed by atoms with Crippen LogP contribution in [0.5, 0.6) is 0 Å². The lowest BCUT2D eigenvalue weighted by atomic mass is 10.2. The smallest absolute Gasteiger partial charge is 0.140 e. The maximum absolute atomic E-state index is 9.01. The average Bonchev–Trinajstić information content (AvgIpc) is 2.84. The van der Waals surface area contributed by atoms with E-state index in [0.29, 0.717) is 6.54 Å². The van der Waals surface area contributed by atoms with Gasteiger partial charge in [-0.15, -0.1) is 0 Å². The molecular weight excluding hydrogens is 342 g/mol. The Kier molecular flexibility index (Phi) is 4.18. The summed E-state index contributed by atoms with van der Waals surface area (Å²) in [5, 5.41) is 9.01. The van der Waals surface area contributed by atoms with E-state index in [2.05, 4.69) is 50.8 Å². The molecule has 0 radical (unpaired) electrons. The van der Waals surface area contributed by atoms with Crippen LogP contribution in [0.4, 0.5) is 5.69 Å². The van der Waals surface area contributed by atoms with Gasteiger partial charge in [0.2, 0.25) is 0 Å². The van der Waals surface area contributed by atoms with Crippen LogP contribution >= 0.6 is 15.9 Å². The summed E-state index contributed by atoms with van der Waals surface area (Å²) in [5.74, 6) is 0.949. The molecule has 5 heteroatoms. The van der Waals surface area contributed by atoms with Crippen molar-refractivity contribution in [2.75, 3.05) is 25.1 Å². The molecule has 0 spiro atoms. The molecule has 0 atom stereocenters. The first-order chi connectivity index (χ1) is 10.6. The summed E-state index contributed by atoms with van der Waals surface area (Å²) in [4.78, 5) is 6.75. The zero-order valence-electron chi connectivity index (χ0n) is 12.6. The first kappa shape index (κ1) is 15.1. The molecule has 22 heavy (non-hydrogen) atoms. The molecule has 1 N–H and O–H groups in total. The zero-order valence-corrected chi connectivity index (χ0v) is 14.2. The van der Waals surface area contributed by atoms with Crippen molar-refractivity contribution in [3.63, 3.8) is 0 Å². The Balaban J connectivity index is 1.99. The fraction of sp³-hybridized carbons (Fsp3) is 0.235. The molecule has 3 aromatic rings. The van der Waals surface area contributed by atoms with Crippen molar-refractivity contribution < 1.29 is 5.11 Å². The van der Waals surface area contributed by atoms with Crippen molar-refractivity contribution in [1.29, 1.82) is 0 Å². The second-order valence-corrected chi connectivity index (χ2v) is 6.24. The number of aromatic nitrogens is 2. The first-order valence-electron chi connectivity index (χ1n) is 7.14. The van der Waals surface area contributed by atoms with E-state index in [4.69, 9.17) is 10.1 Å². The number of hydrogen-bond acceptors (Lipinski definition) is 3. The van der Waals surface area contributed by atoms with Crippen LogP contribution in [-0.2, 0) is 7.05 Å². The molecular formula is C17H18BrN3O. The monoisotopic (exact) mass is 359 g/mol. The van der Waals surface area contributed by atoms with Crippen LogP contribution in [0.3, 0.4) is 0 Å². The van der Waals surface area contributed by atoms with Gasteiger partial charge < -0.3 is 14.6 Å². The summed E-state index contributed by atoms with van der Waals surface area (Å²) in [6.07, 6.45) is 0. The number of aryl methyl sites for hydroxylation is 1. The quantitative estimate of drug-likeness (QED) is 0.775. The van der Waals surface area contributed by atoms with Crippen LogP contribution in [-0.4, -0.2) is 34.9 Å². The minimum atomic E-state index is 0.151. The van der Waals surface area contributed by atoms with Crippen molar-refractivity contribution in [2.24, 2.45) is 7.05 Å². The predicted octanol–water partition coefficient (Wildman–Crippen LogP) is 3.43. The summed E-state index contributed by atoms with van der Waals surface area (Å²) < 4.78 is 3.16. The third-order valence-corrected chi connectivity index (χ3v) is 4.34. The second-order valence-electron chi connectivity index (χ2n) is 5.32. The number of imidazole rings is 1. The van der Waals surface area contributed by atoms with E-state index < -0.39 is 0 Å². The van der Waals surface area contributed by atoms with Crippen molar-refractivity contribution >= 4 is 32.7 Å². The van der Waals surface area contributed by atoms with Crippen molar-refractivity contribution in [1.82, 2.24) is 9.55 Å². The van der Waals surface area contributed by atoms with Gasteiger partial charge in [0.15, 0.2) is 0 Å². The molecule has 1 aromatic heterocycles. The summed E-state index contributed by atoms with van der Waals surface area (Å²) in [7, 11) is 4.00. The Hall–Kier alpha value is -1.85. The molecule has 0 fully saturated rings. The van der Waals surface area contributed by atoms with E-state index in [9.17, 15) is 0 Å². The lowest BCUT2D eigenvalue weighted by Crippen LogP contribution is -2.20. The van der Waals surface area contributed by atoms with Gasteiger partial charge in [0.25, 0.3) is 0 Å². The highest BCUT2D eigenvalue weighted by Gasteiger charge is 2.10. The highest BCUT2D eigenvalue weighted by Crippen LogP contribution is 2.27. The molecule has 0 bridgehead atoms. The number of aliphatic hydroxyl groups excluding tert-OH is 1. The fourth-order valence-corrected chi connectivity index (χ4v) is 2.91. The number of likely N-dealkylation sites (N-methyl/N-ethyl adjacent to an activating group) is 1. The van der Waals surface area contributed by atoms with E-state index in [1.807, 2.05) is 31.1 Å². The normalized spacial score (nSPS) is 11.1. The summed E-state index contributed by atoms with van der Waals surface area (Å²) in [6, 6.07) is 14.4. The van der Waals surface area contributed by atoms with Gasteiger partial charge in [-0.3, -0.25) is 0 Å². The van der Waals surface area contributed by atoms with Gasteiger partial charge in [-0.1, -0.05) is 15.9 Å². The first-order valence-corrected chi connectivity index (χ1v) is 7.94. The van der Waals surface area contributed by atoms with Gasteiger partial charge >= 0.3 is 0 Å². The summed E-state index contributed by atoms with van der Waals surface area (Å²) in [6.45, 7) is 0.775. The maximum atomic E-state index is 9.01. The van der Waals surface area contributed by atoms with Crippen molar-refractivity contribution in [3.05, 3.63) is 46.9 Å². The van der Waals surface area contributed by atoms with Crippen LogP contribution < -0.4 is 4.90 Å². The highest BCUT2D eigenvalue weighted by molar-refractivity contribution is 9.10. The van der Waals surface area contributed by atoms with Gasteiger partial charge in [-0.2, -0.15) is 0 Å². The van der Waals surface area contributed by atoms with Crippen molar-refractivity contribution in [2.45, 2.75) is 0 Å². The maximum Gasteiger partial charge on any atom is 0.140 e. The van der Waals surface area contributed by atoms with Crippen LogP contribution in [0.25, 0.3) is 22.4 Å². The van der Waals surface area contributed by atoms with Gasteiger partial charge in [0, 0.05) is 36.4 Å². The molecule has 1 heterocycles. The van der Waals surface area contributed by atoms with Crippen LogP contribution in [0, 0.1) is 0 Å². The van der Waals surface area contributed by atoms with E-state index in [1.54, 1.807) is 0 Å².